The predicted octanol–water partition coefficient (Wildman–Crippen LogP) is 1.05. The first kappa shape index (κ1) is 17.5. The standard InChI is InChI=1S/C20H25N5O3/c26-17-14-4-6-20(16(14)22-19(23-17)24-9-11-28-12-10-24)5-2-8-25(13-20)18(27)15-3-1-7-21-15/h1,3,7,21H,2,4-6,8-13H2,(H,22,23,26). The number of fused-ring (bicyclic) bond motifs is 2. The topological polar surface area (TPSA) is 94.3 Å². The van der Waals surface area contributed by atoms with Crippen LogP contribution in [0.3, 0.4) is 0 Å². The summed E-state index contributed by atoms with van der Waals surface area (Å²) in [6, 6.07) is 3.65. The second-order valence-corrected chi connectivity index (χ2v) is 8.01. The van der Waals surface area contributed by atoms with Crippen LogP contribution in [0, 0.1) is 0 Å². The van der Waals surface area contributed by atoms with E-state index in [2.05, 4.69) is 14.9 Å². The molecule has 28 heavy (non-hydrogen) atoms. The first-order chi connectivity index (χ1) is 13.7. The number of anilines is 1. The number of rotatable bonds is 2. The molecule has 0 radical (unpaired) electrons. The molecular weight excluding hydrogens is 358 g/mol. The third kappa shape index (κ3) is 2.83. The average molecular weight is 383 g/mol. The van der Waals surface area contributed by atoms with E-state index in [1.54, 1.807) is 6.20 Å². The molecule has 5 rings (SSSR count). The SMILES string of the molecule is O=C(c1ccc[nH]1)N1CCCC2(CCc3c2nc(N2CCOCC2)[nH]c3=O)C1. The summed E-state index contributed by atoms with van der Waals surface area (Å²) in [5, 5.41) is 0. The number of nitrogens with one attached hydrogen (secondary N) is 2. The van der Waals surface area contributed by atoms with Crippen molar-refractivity contribution in [2.75, 3.05) is 44.3 Å². The number of hydrogen-bond donors (Lipinski definition) is 2. The number of carbonyl (C=O) groups is 1. The van der Waals surface area contributed by atoms with E-state index in [-0.39, 0.29) is 16.9 Å². The number of hydrogen-bond acceptors (Lipinski definition) is 5. The Morgan fingerprint density at radius 2 is 2.07 bits per heavy atom. The van der Waals surface area contributed by atoms with Gasteiger partial charge in [-0.05, 0) is 37.8 Å². The van der Waals surface area contributed by atoms with Crippen molar-refractivity contribution in [2.45, 2.75) is 31.1 Å². The molecule has 2 aromatic rings. The molecular formula is C20H25N5O3. The monoisotopic (exact) mass is 383 g/mol. The molecule has 1 amide bonds. The maximum atomic E-state index is 12.9. The minimum atomic E-state index is -0.217. The summed E-state index contributed by atoms with van der Waals surface area (Å²) in [6.07, 6.45) is 5.26. The van der Waals surface area contributed by atoms with Crippen LogP contribution in [0.4, 0.5) is 5.95 Å². The average Bonchev–Trinajstić information content (AvgIpc) is 3.38. The Balaban J connectivity index is 1.48. The van der Waals surface area contributed by atoms with E-state index in [4.69, 9.17) is 9.72 Å². The predicted molar refractivity (Wildman–Crippen MR) is 104 cm³/mol. The molecule has 0 bridgehead atoms. The Kier molecular flexibility index (Phi) is 4.23. The Morgan fingerprint density at radius 1 is 1.21 bits per heavy atom. The smallest absolute Gasteiger partial charge is 0.270 e. The van der Waals surface area contributed by atoms with Crippen LogP contribution in [0.25, 0.3) is 0 Å². The number of H-pyrrole nitrogens is 2. The Bertz CT molecular complexity index is 932. The summed E-state index contributed by atoms with van der Waals surface area (Å²) < 4.78 is 5.42. The molecule has 8 heteroatoms. The third-order valence-corrected chi connectivity index (χ3v) is 6.36. The van der Waals surface area contributed by atoms with Crippen LogP contribution < -0.4 is 10.5 Å². The number of amides is 1. The molecule has 148 valence electrons. The molecule has 1 aliphatic carbocycles. The van der Waals surface area contributed by atoms with Gasteiger partial charge in [0.1, 0.15) is 5.69 Å². The van der Waals surface area contributed by atoms with E-state index in [0.29, 0.717) is 31.4 Å². The Hall–Kier alpha value is -2.61. The van der Waals surface area contributed by atoms with Crippen molar-refractivity contribution >= 4 is 11.9 Å². The van der Waals surface area contributed by atoms with Gasteiger partial charge in [-0.25, -0.2) is 4.98 Å². The number of morpholine rings is 1. The first-order valence-corrected chi connectivity index (χ1v) is 10.1. The number of carbonyl (C=O) groups excluding carboxylic acids is 1. The fourth-order valence-corrected chi connectivity index (χ4v) is 4.90. The summed E-state index contributed by atoms with van der Waals surface area (Å²) in [5.74, 6) is 0.664. The summed E-state index contributed by atoms with van der Waals surface area (Å²) in [4.78, 5) is 40.6. The largest absolute Gasteiger partial charge is 0.378 e. The number of ether oxygens (including phenoxy) is 1. The van der Waals surface area contributed by atoms with Gasteiger partial charge in [0.25, 0.3) is 11.5 Å². The molecule has 1 unspecified atom stereocenters. The van der Waals surface area contributed by atoms with E-state index in [1.165, 1.54) is 0 Å². The van der Waals surface area contributed by atoms with Crippen LogP contribution in [0.5, 0.6) is 0 Å². The van der Waals surface area contributed by atoms with Crippen LogP contribution in [0.1, 0.15) is 41.0 Å². The molecule has 8 nitrogen and oxygen atoms in total. The van der Waals surface area contributed by atoms with Crippen molar-refractivity contribution < 1.29 is 9.53 Å². The molecule has 3 aliphatic rings. The van der Waals surface area contributed by atoms with Gasteiger partial charge in [0, 0.05) is 43.4 Å². The minimum absolute atomic E-state index is 0.0239. The van der Waals surface area contributed by atoms with E-state index < -0.39 is 0 Å². The van der Waals surface area contributed by atoms with E-state index in [0.717, 1.165) is 56.6 Å². The highest BCUT2D eigenvalue weighted by molar-refractivity contribution is 5.92. The normalized spacial score (nSPS) is 24.6. The van der Waals surface area contributed by atoms with E-state index in [1.807, 2.05) is 17.0 Å². The molecule has 2 aliphatic heterocycles. The van der Waals surface area contributed by atoms with E-state index >= 15 is 0 Å². The Labute approximate surface area is 162 Å². The molecule has 1 spiro atoms. The lowest BCUT2D eigenvalue weighted by Gasteiger charge is -2.40. The maximum Gasteiger partial charge on any atom is 0.270 e. The third-order valence-electron chi connectivity index (χ3n) is 6.36. The van der Waals surface area contributed by atoms with Crippen molar-refractivity contribution in [3.8, 4) is 0 Å². The highest BCUT2D eigenvalue weighted by Crippen LogP contribution is 2.43. The molecule has 2 saturated heterocycles. The molecule has 2 N–H and O–H groups in total. The number of aromatic nitrogens is 3. The van der Waals surface area contributed by atoms with Crippen molar-refractivity contribution in [3.63, 3.8) is 0 Å². The zero-order valence-corrected chi connectivity index (χ0v) is 15.9. The Morgan fingerprint density at radius 3 is 2.86 bits per heavy atom. The van der Waals surface area contributed by atoms with Gasteiger partial charge in [0.2, 0.25) is 5.95 Å². The minimum Gasteiger partial charge on any atom is -0.378 e. The quantitative estimate of drug-likeness (QED) is 0.809. The zero-order valence-electron chi connectivity index (χ0n) is 15.9. The molecule has 0 saturated carbocycles. The van der Waals surface area contributed by atoms with Gasteiger partial charge in [0.15, 0.2) is 0 Å². The van der Waals surface area contributed by atoms with Gasteiger partial charge in [-0.2, -0.15) is 0 Å². The summed E-state index contributed by atoms with van der Waals surface area (Å²) in [7, 11) is 0. The van der Waals surface area contributed by atoms with Gasteiger partial charge in [-0.3, -0.25) is 14.6 Å². The lowest BCUT2D eigenvalue weighted by molar-refractivity contribution is 0.0628. The van der Waals surface area contributed by atoms with Crippen LogP contribution in [0.2, 0.25) is 0 Å². The highest BCUT2D eigenvalue weighted by Gasteiger charge is 2.46. The van der Waals surface area contributed by atoms with Gasteiger partial charge in [-0.1, -0.05) is 0 Å². The van der Waals surface area contributed by atoms with Crippen LogP contribution in [0.15, 0.2) is 23.1 Å². The molecule has 2 aromatic heterocycles. The number of nitrogens with zero attached hydrogens (tertiary/aromatic N) is 3. The zero-order chi connectivity index (χ0) is 19.1. The van der Waals surface area contributed by atoms with Crippen LogP contribution in [-0.2, 0) is 16.6 Å². The fourth-order valence-electron chi connectivity index (χ4n) is 4.90. The van der Waals surface area contributed by atoms with Gasteiger partial charge in [-0.15, -0.1) is 0 Å². The lowest BCUT2D eigenvalue weighted by Crippen LogP contribution is -2.48. The second-order valence-electron chi connectivity index (χ2n) is 8.01. The fraction of sp³-hybridized carbons (Fsp3) is 0.550. The summed E-state index contributed by atoms with van der Waals surface area (Å²) in [5.41, 5.74) is 2.07. The van der Waals surface area contributed by atoms with E-state index in [9.17, 15) is 9.59 Å². The highest BCUT2D eigenvalue weighted by atomic mass is 16.5. The second kappa shape index (κ2) is 6.77. The number of piperidine rings is 1. The summed E-state index contributed by atoms with van der Waals surface area (Å²) >= 11 is 0. The first-order valence-electron chi connectivity index (χ1n) is 10.1. The lowest BCUT2D eigenvalue weighted by atomic mass is 9.77. The number of likely N-dealkylation sites (tertiary alicyclic amines) is 1. The van der Waals surface area contributed by atoms with Gasteiger partial charge in [0.05, 0.1) is 18.9 Å². The van der Waals surface area contributed by atoms with Gasteiger partial charge >= 0.3 is 0 Å². The number of aromatic amines is 2. The van der Waals surface area contributed by atoms with Gasteiger partial charge < -0.3 is 19.5 Å². The summed E-state index contributed by atoms with van der Waals surface area (Å²) in [6.45, 7) is 4.11. The van der Waals surface area contributed by atoms with Crippen LogP contribution in [-0.4, -0.2) is 65.2 Å². The molecule has 4 heterocycles. The molecule has 2 fully saturated rings. The van der Waals surface area contributed by atoms with Crippen molar-refractivity contribution in [2.24, 2.45) is 0 Å². The van der Waals surface area contributed by atoms with Crippen molar-refractivity contribution in [3.05, 3.63) is 45.6 Å². The van der Waals surface area contributed by atoms with Crippen LogP contribution >= 0.6 is 0 Å². The molecule has 1 atom stereocenters. The van der Waals surface area contributed by atoms with Crippen molar-refractivity contribution in [1.82, 2.24) is 19.9 Å². The molecule has 0 aromatic carbocycles. The van der Waals surface area contributed by atoms with Crippen molar-refractivity contribution in [1.29, 1.82) is 0 Å². The maximum absolute atomic E-state index is 12.9.